The van der Waals surface area contributed by atoms with Crippen LogP contribution in [0.4, 0.5) is 0 Å². The summed E-state index contributed by atoms with van der Waals surface area (Å²) in [6.07, 6.45) is 1.77. The molecule has 0 unspecified atom stereocenters. The summed E-state index contributed by atoms with van der Waals surface area (Å²) in [5.74, 6) is 1.37. The Labute approximate surface area is 128 Å². The van der Waals surface area contributed by atoms with E-state index in [-0.39, 0.29) is 5.54 Å². The Morgan fingerprint density at radius 2 is 1.95 bits per heavy atom. The molecular weight excluding hydrogens is 316 g/mol. The molecule has 0 saturated heterocycles. The van der Waals surface area contributed by atoms with E-state index in [1.54, 1.807) is 6.20 Å². The molecule has 3 nitrogen and oxygen atoms in total. The lowest BCUT2D eigenvalue weighted by Gasteiger charge is -2.20. The molecule has 1 aromatic heterocycles. The van der Waals surface area contributed by atoms with Crippen LogP contribution in [0.2, 0.25) is 0 Å². The molecule has 1 heterocycles. The monoisotopic (exact) mass is 334 g/mol. The Morgan fingerprint density at radius 3 is 2.65 bits per heavy atom. The van der Waals surface area contributed by atoms with Crippen LogP contribution >= 0.6 is 15.9 Å². The summed E-state index contributed by atoms with van der Waals surface area (Å²) < 4.78 is 6.71. The van der Waals surface area contributed by atoms with E-state index in [2.05, 4.69) is 47.0 Å². The second-order valence-electron chi connectivity index (χ2n) is 5.64. The fraction of sp³-hybridized carbons (Fsp3) is 0.312. The third kappa shape index (κ3) is 4.62. The van der Waals surface area contributed by atoms with Gasteiger partial charge in [0.2, 0.25) is 5.88 Å². The van der Waals surface area contributed by atoms with Crippen molar-refractivity contribution >= 4 is 15.9 Å². The maximum absolute atomic E-state index is 5.80. The number of pyridine rings is 1. The summed E-state index contributed by atoms with van der Waals surface area (Å²) >= 11 is 3.46. The maximum Gasteiger partial charge on any atom is 0.219 e. The van der Waals surface area contributed by atoms with E-state index >= 15 is 0 Å². The number of hydrogen-bond donors (Lipinski definition) is 1. The highest BCUT2D eigenvalue weighted by atomic mass is 79.9. The van der Waals surface area contributed by atoms with Gasteiger partial charge in [-0.1, -0.05) is 12.1 Å². The standard InChI is InChI=1S/C16H19BrN2O/c1-16(2,3)19-11-12-8-9-18-15(10-12)20-14-7-5-4-6-13(14)17/h4-10,19H,11H2,1-3H3. The first-order valence-corrected chi connectivity index (χ1v) is 7.36. The van der Waals surface area contributed by atoms with Crippen molar-refractivity contribution in [3.05, 3.63) is 52.6 Å². The van der Waals surface area contributed by atoms with E-state index in [0.29, 0.717) is 5.88 Å². The third-order valence-corrected chi connectivity index (χ3v) is 3.33. The molecule has 2 aromatic rings. The van der Waals surface area contributed by atoms with Crippen LogP contribution in [0.15, 0.2) is 47.1 Å². The van der Waals surface area contributed by atoms with Crippen molar-refractivity contribution < 1.29 is 4.74 Å². The predicted octanol–water partition coefficient (Wildman–Crippen LogP) is 4.52. The third-order valence-electron chi connectivity index (χ3n) is 2.67. The van der Waals surface area contributed by atoms with Crippen molar-refractivity contribution in [2.75, 3.05) is 0 Å². The van der Waals surface area contributed by atoms with Gasteiger partial charge in [-0.2, -0.15) is 0 Å². The summed E-state index contributed by atoms with van der Waals surface area (Å²) in [6.45, 7) is 7.23. The van der Waals surface area contributed by atoms with Gasteiger partial charge in [-0.25, -0.2) is 4.98 Å². The second kappa shape index (κ2) is 6.37. The van der Waals surface area contributed by atoms with E-state index in [0.717, 1.165) is 22.3 Å². The van der Waals surface area contributed by atoms with Gasteiger partial charge in [0.1, 0.15) is 5.75 Å². The van der Waals surface area contributed by atoms with Crippen LogP contribution < -0.4 is 10.1 Å². The number of benzene rings is 1. The van der Waals surface area contributed by atoms with Crippen molar-refractivity contribution in [2.24, 2.45) is 0 Å². The van der Waals surface area contributed by atoms with Crippen LogP contribution in [0, 0.1) is 0 Å². The second-order valence-corrected chi connectivity index (χ2v) is 6.49. The Hall–Kier alpha value is -1.39. The van der Waals surface area contributed by atoms with Gasteiger partial charge in [0.15, 0.2) is 0 Å². The summed E-state index contributed by atoms with van der Waals surface area (Å²) in [6, 6.07) is 11.7. The predicted molar refractivity (Wildman–Crippen MR) is 85.0 cm³/mol. The molecule has 0 saturated carbocycles. The molecule has 0 spiro atoms. The molecular formula is C16H19BrN2O. The van der Waals surface area contributed by atoms with Gasteiger partial charge in [0.05, 0.1) is 4.47 Å². The zero-order valence-corrected chi connectivity index (χ0v) is 13.6. The average molecular weight is 335 g/mol. The highest BCUT2D eigenvalue weighted by Crippen LogP contribution is 2.28. The zero-order valence-electron chi connectivity index (χ0n) is 12.0. The van der Waals surface area contributed by atoms with Crippen molar-refractivity contribution in [3.8, 4) is 11.6 Å². The molecule has 1 N–H and O–H groups in total. The van der Waals surface area contributed by atoms with E-state index in [4.69, 9.17) is 4.74 Å². The lowest BCUT2D eigenvalue weighted by molar-refractivity contribution is 0.421. The van der Waals surface area contributed by atoms with E-state index < -0.39 is 0 Å². The average Bonchev–Trinajstić information content (AvgIpc) is 2.39. The Bertz CT molecular complexity index is 579. The molecule has 0 radical (unpaired) electrons. The molecule has 4 heteroatoms. The van der Waals surface area contributed by atoms with E-state index in [1.165, 1.54) is 0 Å². The minimum Gasteiger partial charge on any atom is -0.438 e. The lowest BCUT2D eigenvalue weighted by atomic mass is 10.1. The van der Waals surface area contributed by atoms with Gasteiger partial charge < -0.3 is 10.1 Å². The van der Waals surface area contributed by atoms with Crippen molar-refractivity contribution in [2.45, 2.75) is 32.9 Å². The molecule has 0 aliphatic rings. The SMILES string of the molecule is CC(C)(C)NCc1ccnc(Oc2ccccc2Br)c1. The molecule has 0 bridgehead atoms. The minimum absolute atomic E-state index is 0.0900. The highest BCUT2D eigenvalue weighted by Gasteiger charge is 2.09. The number of para-hydroxylation sites is 1. The topological polar surface area (TPSA) is 34.2 Å². The smallest absolute Gasteiger partial charge is 0.219 e. The molecule has 0 aliphatic carbocycles. The summed E-state index contributed by atoms with van der Waals surface area (Å²) in [4.78, 5) is 4.25. The molecule has 0 amide bonds. The number of nitrogens with zero attached hydrogens (tertiary/aromatic N) is 1. The molecule has 0 atom stereocenters. The van der Waals surface area contributed by atoms with Crippen molar-refractivity contribution in [3.63, 3.8) is 0 Å². The van der Waals surface area contributed by atoms with Gasteiger partial charge in [-0.3, -0.25) is 0 Å². The van der Waals surface area contributed by atoms with Gasteiger partial charge in [0.25, 0.3) is 0 Å². The van der Waals surface area contributed by atoms with Crippen LogP contribution in [0.1, 0.15) is 26.3 Å². The largest absolute Gasteiger partial charge is 0.438 e. The van der Waals surface area contributed by atoms with Crippen LogP contribution in [0.5, 0.6) is 11.6 Å². The van der Waals surface area contributed by atoms with E-state index in [1.807, 2.05) is 36.4 Å². The number of rotatable bonds is 4. The van der Waals surface area contributed by atoms with Gasteiger partial charge in [-0.05, 0) is 60.5 Å². The van der Waals surface area contributed by atoms with Crippen molar-refractivity contribution in [1.82, 2.24) is 10.3 Å². The Balaban J connectivity index is 2.08. The summed E-state index contributed by atoms with van der Waals surface area (Å²) in [7, 11) is 0. The quantitative estimate of drug-likeness (QED) is 0.892. The normalized spacial score (nSPS) is 11.4. The molecule has 1 aromatic carbocycles. The van der Waals surface area contributed by atoms with Crippen molar-refractivity contribution in [1.29, 1.82) is 0 Å². The lowest BCUT2D eigenvalue weighted by Crippen LogP contribution is -2.35. The molecule has 0 aliphatic heterocycles. The number of aromatic nitrogens is 1. The number of hydrogen-bond acceptors (Lipinski definition) is 3. The molecule has 106 valence electrons. The summed E-state index contributed by atoms with van der Waals surface area (Å²) in [5.41, 5.74) is 1.24. The summed E-state index contributed by atoms with van der Waals surface area (Å²) in [5, 5.41) is 3.45. The maximum atomic E-state index is 5.80. The van der Waals surface area contributed by atoms with Gasteiger partial charge in [-0.15, -0.1) is 0 Å². The Kier molecular flexibility index (Phi) is 4.78. The fourth-order valence-corrected chi connectivity index (χ4v) is 1.99. The van der Waals surface area contributed by atoms with Crippen LogP contribution in [-0.4, -0.2) is 10.5 Å². The van der Waals surface area contributed by atoms with Crippen LogP contribution in [0.3, 0.4) is 0 Å². The molecule has 20 heavy (non-hydrogen) atoms. The highest BCUT2D eigenvalue weighted by molar-refractivity contribution is 9.10. The van der Waals surface area contributed by atoms with Crippen LogP contribution in [-0.2, 0) is 6.54 Å². The van der Waals surface area contributed by atoms with E-state index in [9.17, 15) is 0 Å². The molecule has 2 rings (SSSR count). The van der Waals surface area contributed by atoms with Crippen LogP contribution in [0.25, 0.3) is 0 Å². The first kappa shape index (κ1) is 15.0. The van der Waals surface area contributed by atoms with Gasteiger partial charge in [0, 0.05) is 24.3 Å². The fourth-order valence-electron chi connectivity index (χ4n) is 1.62. The Morgan fingerprint density at radius 1 is 1.20 bits per heavy atom. The number of halogens is 1. The minimum atomic E-state index is 0.0900. The first-order chi connectivity index (χ1) is 9.44. The number of ether oxygens (including phenoxy) is 1. The first-order valence-electron chi connectivity index (χ1n) is 6.56. The van der Waals surface area contributed by atoms with Gasteiger partial charge >= 0.3 is 0 Å². The molecule has 0 fully saturated rings. The zero-order chi connectivity index (χ0) is 14.6. The number of nitrogens with one attached hydrogen (secondary N) is 1.